The molecule has 0 aliphatic rings. The van der Waals surface area contributed by atoms with Gasteiger partial charge in [-0.25, -0.2) is 22.1 Å². The Labute approximate surface area is 226 Å². The molecule has 1 N–H and O–H groups in total. The summed E-state index contributed by atoms with van der Waals surface area (Å²) in [5, 5.41) is 2.85. The molecule has 1 atom stereocenters. The predicted molar refractivity (Wildman–Crippen MR) is 144 cm³/mol. The Hall–Kier alpha value is -4.48. The smallest absolute Gasteiger partial charge is 0.279 e. The first-order chi connectivity index (χ1) is 18.7. The third-order valence-corrected chi connectivity index (χ3v) is 7.73. The highest BCUT2D eigenvalue weighted by Crippen LogP contribution is 2.31. The van der Waals surface area contributed by atoms with Gasteiger partial charge in [0.05, 0.1) is 11.1 Å². The number of amides is 2. The van der Waals surface area contributed by atoms with Crippen molar-refractivity contribution >= 4 is 27.5 Å². The van der Waals surface area contributed by atoms with Crippen molar-refractivity contribution < 1.29 is 22.4 Å². The van der Waals surface area contributed by atoms with E-state index in [1.54, 1.807) is 0 Å². The highest BCUT2D eigenvalue weighted by Gasteiger charge is 2.34. The van der Waals surface area contributed by atoms with Crippen LogP contribution >= 0.6 is 0 Å². The first-order valence-corrected chi connectivity index (χ1v) is 13.3. The molecule has 0 aliphatic carbocycles. The Kier molecular flexibility index (Phi) is 8.43. The summed E-state index contributed by atoms with van der Waals surface area (Å²) < 4.78 is 40.1. The number of benzene rings is 3. The SMILES string of the molecule is CN(C)S(=O)(=O)c1ccc(N(C(=O)c2cnccn2)[C@@H](C(=O)NCc2ccccc2)c2ccc(F)cc2)cc1. The van der Waals surface area contributed by atoms with Crippen LogP contribution in [0.1, 0.15) is 27.7 Å². The van der Waals surface area contributed by atoms with Gasteiger partial charge in [-0.15, -0.1) is 0 Å². The van der Waals surface area contributed by atoms with Crippen LogP contribution in [0.25, 0.3) is 0 Å². The fourth-order valence-corrected chi connectivity index (χ4v) is 4.75. The Balaban J connectivity index is 1.81. The van der Waals surface area contributed by atoms with Crippen LogP contribution in [0.15, 0.2) is 102 Å². The molecule has 0 saturated carbocycles. The molecule has 4 aromatic rings. The lowest BCUT2D eigenvalue weighted by molar-refractivity contribution is -0.122. The number of carbonyl (C=O) groups is 2. The van der Waals surface area contributed by atoms with Crippen molar-refractivity contribution in [2.24, 2.45) is 0 Å². The molecular weight excluding hydrogens is 521 g/mol. The summed E-state index contributed by atoms with van der Waals surface area (Å²) in [5.41, 5.74) is 1.37. The lowest BCUT2D eigenvalue weighted by Gasteiger charge is -2.31. The van der Waals surface area contributed by atoms with E-state index in [-0.39, 0.29) is 22.8 Å². The van der Waals surface area contributed by atoms with Crippen molar-refractivity contribution in [3.8, 4) is 0 Å². The molecule has 0 aliphatic heterocycles. The lowest BCUT2D eigenvalue weighted by atomic mass is 10.0. The maximum Gasteiger partial charge on any atom is 0.279 e. The number of halogens is 1. The molecule has 4 rings (SSSR count). The largest absolute Gasteiger partial charge is 0.350 e. The Morgan fingerprint density at radius 1 is 0.923 bits per heavy atom. The van der Waals surface area contributed by atoms with Crippen LogP contribution in [0, 0.1) is 5.82 Å². The van der Waals surface area contributed by atoms with Gasteiger partial charge in [0.1, 0.15) is 17.6 Å². The van der Waals surface area contributed by atoms with Crippen molar-refractivity contribution in [2.75, 3.05) is 19.0 Å². The third kappa shape index (κ3) is 6.33. The fourth-order valence-electron chi connectivity index (χ4n) is 3.85. The van der Waals surface area contributed by atoms with Gasteiger partial charge < -0.3 is 5.32 Å². The second-order valence-corrected chi connectivity index (χ2v) is 10.9. The average Bonchev–Trinajstić information content (AvgIpc) is 2.96. The number of anilines is 1. The van der Waals surface area contributed by atoms with Gasteiger partial charge in [-0.2, -0.15) is 0 Å². The molecule has 3 aromatic carbocycles. The van der Waals surface area contributed by atoms with Crippen molar-refractivity contribution in [1.82, 2.24) is 19.6 Å². The summed E-state index contributed by atoms with van der Waals surface area (Å²) in [6.07, 6.45) is 4.02. The van der Waals surface area contributed by atoms with Crippen LogP contribution < -0.4 is 10.2 Å². The average molecular weight is 548 g/mol. The van der Waals surface area contributed by atoms with Crippen LogP contribution in [-0.2, 0) is 21.4 Å². The molecule has 2 amide bonds. The minimum Gasteiger partial charge on any atom is -0.350 e. The minimum absolute atomic E-state index is 0.00927. The van der Waals surface area contributed by atoms with Crippen molar-refractivity contribution in [2.45, 2.75) is 17.5 Å². The van der Waals surface area contributed by atoms with Crippen LogP contribution in [0.4, 0.5) is 10.1 Å². The number of hydrogen-bond donors (Lipinski definition) is 1. The second kappa shape index (κ2) is 11.9. The van der Waals surface area contributed by atoms with Crippen LogP contribution in [0.3, 0.4) is 0 Å². The Bertz CT molecular complexity index is 1530. The van der Waals surface area contributed by atoms with E-state index in [4.69, 9.17) is 0 Å². The summed E-state index contributed by atoms with van der Waals surface area (Å²) in [7, 11) is -0.915. The second-order valence-electron chi connectivity index (χ2n) is 8.70. The number of nitrogens with one attached hydrogen (secondary N) is 1. The van der Waals surface area contributed by atoms with E-state index in [2.05, 4.69) is 15.3 Å². The van der Waals surface area contributed by atoms with Crippen molar-refractivity contribution in [3.05, 3.63) is 120 Å². The number of rotatable bonds is 9. The van der Waals surface area contributed by atoms with Crippen molar-refractivity contribution in [1.29, 1.82) is 0 Å². The number of nitrogens with zero attached hydrogens (tertiary/aromatic N) is 4. The quantitative estimate of drug-likeness (QED) is 0.343. The zero-order valence-corrected chi connectivity index (χ0v) is 22.0. The summed E-state index contributed by atoms with van der Waals surface area (Å²) in [5.74, 6) is -1.70. The zero-order chi connectivity index (χ0) is 28.0. The number of sulfonamides is 1. The Morgan fingerprint density at radius 2 is 1.59 bits per heavy atom. The normalized spacial score (nSPS) is 12.1. The number of aromatic nitrogens is 2. The van der Waals surface area contributed by atoms with Gasteiger partial charge in [0.15, 0.2) is 0 Å². The van der Waals surface area contributed by atoms with Gasteiger partial charge in [-0.3, -0.25) is 19.5 Å². The first kappa shape index (κ1) is 27.6. The summed E-state index contributed by atoms with van der Waals surface area (Å²) in [4.78, 5) is 36.8. The van der Waals surface area contributed by atoms with E-state index in [1.807, 2.05) is 30.3 Å². The minimum atomic E-state index is -3.74. The monoisotopic (exact) mass is 547 g/mol. The number of carbonyl (C=O) groups excluding carboxylic acids is 2. The maximum atomic E-state index is 13.8. The lowest BCUT2D eigenvalue weighted by Crippen LogP contribution is -2.44. The molecule has 0 saturated heterocycles. The third-order valence-electron chi connectivity index (χ3n) is 5.90. The summed E-state index contributed by atoms with van der Waals surface area (Å²) >= 11 is 0. The summed E-state index contributed by atoms with van der Waals surface area (Å²) in [6.45, 7) is 0.185. The molecule has 0 fully saturated rings. The van der Waals surface area contributed by atoms with E-state index in [0.29, 0.717) is 5.56 Å². The maximum absolute atomic E-state index is 13.8. The highest BCUT2D eigenvalue weighted by atomic mass is 32.2. The van der Waals surface area contributed by atoms with E-state index >= 15 is 0 Å². The molecule has 200 valence electrons. The molecule has 1 heterocycles. The first-order valence-electron chi connectivity index (χ1n) is 11.9. The fraction of sp³-hybridized carbons (Fsp3) is 0.143. The zero-order valence-electron chi connectivity index (χ0n) is 21.2. The van der Waals surface area contributed by atoms with Gasteiger partial charge in [0.25, 0.3) is 5.91 Å². The van der Waals surface area contributed by atoms with Crippen molar-refractivity contribution in [3.63, 3.8) is 0 Å². The molecule has 0 radical (unpaired) electrons. The molecule has 0 bridgehead atoms. The van der Waals surface area contributed by atoms with E-state index in [9.17, 15) is 22.4 Å². The number of hydrogen-bond acceptors (Lipinski definition) is 6. The Morgan fingerprint density at radius 3 is 2.18 bits per heavy atom. The van der Waals surface area contributed by atoms with Gasteiger partial charge in [-0.05, 0) is 47.5 Å². The van der Waals surface area contributed by atoms with E-state index in [1.165, 1.54) is 86.1 Å². The highest BCUT2D eigenvalue weighted by molar-refractivity contribution is 7.89. The van der Waals surface area contributed by atoms with E-state index in [0.717, 1.165) is 9.87 Å². The van der Waals surface area contributed by atoms with Gasteiger partial charge >= 0.3 is 0 Å². The predicted octanol–water partition coefficient (Wildman–Crippen LogP) is 3.57. The molecule has 0 unspecified atom stereocenters. The molecule has 9 nitrogen and oxygen atoms in total. The molecule has 0 spiro atoms. The standard InChI is InChI=1S/C28H26FN5O4S/c1-33(2)39(37,38)24-14-12-23(13-15-24)34(28(36)25-19-30-16-17-31-25)26(21-8-10-22(29)11-9-21)27(35)32-18-20-6-4-3-5-7-20/h3-17,19,26H,18H2,1-2H3,(H,32,35)/t26-/m1/s1. The van der Waals surface area contributed by atoms with Gasteiger partial charge in [-0.1, -0.05) is 42.5 Å². The topological polar surface area (TPSA) is 113 Å². The van der Waals surface area contributed by atoms with Crippen LogP contribution in [0.5, 0.6) is 0 Å². The van der Waals surface area contributed by atoms with Crippen LogP contribution in [0.2, 0.25) is 0 Å². The molecule has 39 heavy (non-hydrogen) atoms. The molecule has 1 aromatic heterocycles. The van der Waals surface area contributed by atoms with Gasteiger partial charge in [0, 0.05) is 38.7 Å². The van der Waals surface area contributed by atoms with Gasteiger partial charge in [0.2, 0.25) is 15.9 Å². The molecule has 11 heteroatoms. The van der Waals surface area contributed by atoms with Crippen LogP contribution in [-0.4, -0.2) is 48.6 Å². The molecular formula is C28H26FN5O4S. The van der Waals surface area contributed by atoms with E-state index < -0.39 is 33.7 Å². The summed E-state index contributed by atoms with van der Waals surface area (Å²) in [6, 6.07) is 18.8.